The molecule has 1 aromatic carbocycles. The molecule has 0 saturated carbocycles. The zero-order valence-electron chi connectivity index (χ0n) is 13.0. The van der Waals surface area contributed by atoms with E-state index in [1.807, 2.05) is 12.1 Å². The zero-order chi connectivity index (χ0) is 15.2. The summed E-state index contributed by atoms with van der Waals surface area (Å²) < 4.78 is 5.23. The van der Waals surface area contributed by atoms with E-state index in [0.717, 1.165) is 12.3 Å². The summed E-state index contributed by atoms with van der Waals surface area (Å²) in [4.78, 5) is 3.82. The molecule has 2 N–H and O–H groups in total. The molecule has 114 valence electrons. The van der Waals surface area contributed by atoms with Gasteiger partial charge in [0.2, 0.25) is 0 Å². The Kier molecular flexibility index (Phi) is 5.79. The highest BCUT2D eigenvalue weighted by molar-refractivity contribution is 7.09. The first-order valence-electron chi connectivity index (χ1n) is 7.27. The van der Waals surface area contributed by atoms with E-state index in [1.54, 1.807) is 18.4 Å². The van der Waals surface area contributed by atoms with Gasteiger partial charge in [0.25, 0.3) is 0 Å². The predicted octanol–water partition coefficient (Wildman–Crippen LogP) is 3.67. The number of benzene rings is 1. The van der Waals surface area contributed by atoms with E-state index in [1.165, 1.54) is 10.4 Å². The zero-order valence-corrected chi connectivity index (χ0v) is 13.8. The van der Waals surface area contributed by atoms with Crippen LogP contribution in [0.25, 0.3) is 0 Å². The van der Waals surface area contributed by atoms with Gasteiger partial charge in [0.05, 0.1) is 7.11 Å². The summed E-state index contributed by atoms with van der Waals surface area (Å²) in [6.07, 6.45) is 0. The molecule has 0 saturated heterocycles. The molecule has 1 unspecified atom stereocenters. The first-order valence-corrected chi connectivity index (χ1v) is 8.15. The van der Waals surface area contributed by atoms with E-state index < -0.39 is 0 Å². The normalized spacial score (nSPS) is 12.9. The third kappa shape index (κ3) is 4.06. The van der Waals surface area contributed by atoms with Crippen molar-refractivity contribution in [3.8, 4) is 5.75 Å². The fourth-order valence-corrected chi connectivity index (χ4v) is 3.24. The average Bonchev–Trinajstić information content (AvgIpc) is 3.00. The summed E-state index contributed by atoms with van der Waals surface area (Å²) in [5.74, 6) is 0.879. The Balaban J connectivity index is 2.21. The van der Waals surface area contributed by atoms with Gasteiger partial charge in [0, 0.05) is 30.1 Å². The minimum atomic E-state index is 0.220. The summed E-state index contributed by atoms with van der Waals surface area (Å²) in [7, 11) is 1.69. The standard InChI is InChI=1S/C17H24N2OS/c1-13(2)19(12-16-5-4-10-21-16)17(11-18)14-6-8-15(20-3)9-7-14/h4-10,13,17H,11-12,18H2,1-3H3. The number of hydrogen-bond donors (Lipinski definition) is 1. The Morgan fingerprint density at radius 3 is 2.38 bits per heavy atom. The van der Waals surface area contributed by atoms with E-state index in [4.69, 9.17) is 10.5 Å². The van der Waals surface area contributed by atoms with E-state index >= 15 is 0 Å². The molecule has 2 aromatic rings. The molecule has 1 aromatic heterocycles. The van der Waals surface area contributed by atoms with Crippen LogP contribution < -0.4 is 10.5 Å². The Labute approximate surface area is 131 Å². The van der Waals surface area contributed by atoms with Gasteiger partial charge in [-0.3, -0.25) is 4.90 Å². The summed E-state index contributed by atoms with van der Waals surface area (Å²) in [5.41, 5.74) is 7.31. The van der Waals surface area contributed by atoms with Gasteiger partial charge in [-0.2, -0.15) is 0 Å². The molecule has 0 aliphatic heterocycles. The Bertz CT molecular complexity index is 522. The Hall–Kier alpha value is -1.36. The van der Waals surface area contributed by atoms with Gasteiger partial charge in [-0.15, -0.1) is 11.3 Å². The van der Waals surface area contributed by atoms with E-state index in [9.17, 15) is 0 Å². The number of methoxy groups -OCH3 is 1. The van der Waals surface area contributed by atoms with E-state index in [0.29, 0.717) is 12.6 Å². The topological polar surface area (TPSA) is 38.5 Å². The van der Waals surface area contributed by atoms with Crippen LogP contribution in [0, 0.1) is 0 Å². The minimum absolute atomic E-state index is 0.220. The van der Waals surface area contributed by atoms with Crippen LogP contribution in [0.2, 0.25) is 0 Å². The average molecular weight is 304 g/mol. The number of thiophene rings is 1. The molecule has 1 heterocycles. The van der Waals surface area contributed by atoms with Crippen molar-refractivity contribution in [3.05, 3.63) is 52.2 Å². The van der Waals surface area contributed by atoms with Gasteiger partial charge < -0.3 is 10.5 Å². The molecule has 2 rings (SSSR count). The molecule has 4 heteroatoms. The van der Waals surface area contributed by atoms with Crippen LogP contribution >= 0.6 is 11.3 Å². The molecule has 3 nitrogen and oxygen atoms in total. The quantitative estimate of drug-likeness (QED) is 0.848. The molecular formula is C17H24N2OS. The van der Waals surface area contributed by atoms with Crippen molar-refractivity contribution in [2.75, 3.05) is 13.7 Å². The summed E-state index contributed by atoms with van der Waals surface area (Å²) in [6, 6.07) is 13.2. The molecule has 21 heavy (non-hydrogen) atoms. The monoisotopic (exact) mass is 304 g/mol. The highest BCUT2D eigenvalue weighted by atomic mass is 32.1. The van der Waals surface area contributed by atoms with Crippen LogP contribution in [0.3, 0.4) is 0 Å². The molecule has 0 bridgehead atoms. The third-order valence-corrected chi connectivity index (χ3v) is 4.57. The highest BCUT2D eigenvalue weighted by Crippen LogP contribution is 2.27. The lowest BCUT2D eigenvalue weighted by molar-refractivity contribution is 0.149. The number of rotatable bonds is 7. The molecule has 0 aliphatic rings. The lowest BCUT2D eigenvalue weighted by Gasteiger charge is -2.34. The molecule has 0 radical (unpaired) electrons. The maximum atomic E-state index is 6.07. The van der Waals surface area contributed by atoms with Crippen molar-refractivity contribution in [1.82, 2.24) is 4.90 Å². The summed E-state index contributed by atoms with van der Waals surface area (Å²) in [6.45, 7) is 5.98. The Morgan fingerprint density at radius 1 is 1.19 bits per heavy atom. The van der Waals surface area contributed by atoms with Crippen molar-refractivity contribution in [1.29, 1.82) is 0 Å². The second-order valence-corrected chi connectivity index (χ2v) is 6.40. The Morgan fingerprint density at radius 2 is 1.90 bits per heavy atom. The van der Waals surface area contributed by atoms with Gasteiger partial charge >= 0.3 is 0 Å². The second-order valence-electron chi connectivity index (χ2n) is 5.37. The van der Waals surface area contributed by atoms with Gasteiger partial charge in [0.1, 0.15) is 5.75 Å². The van der Waals surface area contributed by atoms with Gasteiger partial charge in [-0.05, 0) is 43.0 Å². The largest absolute Gasteiger partial charge is 0.497 e. The lowest BCUT2D eigenvalue weighted by Crippen LogP contribution is -2.38. The number of nitrogens with two attached hydrogens (primary N) is 1. The summed E-state index contributed by atoms with van der Waals surface area (Å²) in [5, 5.41) is 2.12. The van der Waals surface area contributed by atoms with Crippen molar-refractivity contribution in [3.63, 3.8) is 0 Å². The maximum Gasteiger partial charge on any atom is 0.118 e. The number of ether oxygens (including phenoxy) is 1. The van der Waals surface area contributed by atoms with Crippen LogP contribution in [0.1, 0.15) is 30.3 Å². The third-order valence-electron chi connectivity index (χ3n) is 3.71. The fourth-order valence-electron chi connectivity index (χ4n) is 2.52. The predicted molar refractivity (Wildman–Crippen MR) is 89.8 cm³/mol. The van der Waals surface area contributed by atoms with E-state index in [-0.39, 0.29) is 6.04 Å². The lowest BCUT2D eigenvalue weighted by atomic mass is 10.0. The molecule has 0 aliphatic carbocycles. The SMILES string of the molecule is COc1ccc(C(CN)N(Cc2cccs2)C(C)C)cc1. The van der Waals surface area contributed by atoms with Crippen LogP contribution in [-0.4, -0.2) is 24.6 Å². The number of nitrogens with zero attached hydrogens (tertiary/aromatic N) is 1. The minimum Gasteiger partial charge on any atom is -0.497 e. The maximum absolute atomic E-state index is 6.07. The fraction of sp³-hybridized carbons (Fsp3) is 0.412. The highest BCUT2D eigenvalue weighted by Gasteiger charge is 2.22. The molecule has 1 atom stereocenters. The summed E-state index contributed by atoms with van der Waals surface area (Å²) >= 11 is 1.80. The molecule has 0 amide bonds. The van der Waals surface area contributed by atoms with Crippen LogP contribution in [0.5, 0.6) is 5.75 Å². The van der Waals surface area contributed by atoms with Gasteiger partial charge in [-0.25, -0.2) is 0 Å². The van der Waals surface area contributed by atoms with E-state index in [2.05, 4.69) is 48.4 Å². The van der Waals surface area contributed by atoms with Crippen molar-refractivity contribution >= 4 is 11.3 Å². The van der Waals surface area contributed by atoms with Crippen LogP contribution in [0.15, 0.2) is 41.8 Å². The van der Waals surface area contributed by atoms with Crippen LogP contribution in [-0.2, 0) is 6.54 Å². The van der Waals surface area contributed by atoms with Crippen molar-refractivity contribution in [2.45, 2.75) is 32.5 Å². The number of hydrogen-bond acceptors (Lipinski definition) is 4. The second kappa shape index (κ2) is 7.59. The van der Waals surface area contributed by atoms with Gasteiger partial charge in [0.15, 0.2) is 0 Å². The first-order chi connectivity index (χ1) is 10.2. The van der Waals surface area contributed by atoms with Crippen LogP contribution in [0.4, 0.5) is 0 Å². The molecule has 0 spiro atoms. The van der Waals surface area contributed by atoms with Crippen molar-refractivity contribution in [2.24, 2.45) is 5.73 Å². The molecular weight excluding hydrogens is 280 g/mol. The smallest absolute Gasteiger partial charge is 0.118 e. The first kappa shape index (κ1) is 16.0. The van der Waals surface area contributed by atoms with Gasteiger partial charge in [-0.1, -0.05) is 18.2 Å². The molecule has 0 fully saturated rings. The van der Waals surface area contributed by atoms with Crippen molar-refractivity contribution < 1.29 is 4.74 Å².